The third-order valence-electron chi connectivity index (χ3n) is 2.91. The van der Waals surface area contributed by atoms with Crippen LogP contribution in [-0.4, -0.2) is 55.6 Å². The van der Waals surface area contributed by atoms with Gasteiger partial charge in [-0.1, -0.05) is 12.1 Å². The minimum atomic E-state index is -0.475. The van der Waals surface area contributed by atoms with Crippen LogP contribution in [0.2, 0.25) is 0 Å². The Balaban J connectivity index is 1.72. The fourth-order valence-corrected chi connectivity index (χ4v) is 1.96. The van der Waals surface area contributed by atoms with E-state index in [-0.39, 0.29) is 0 Å². The molecule has 0 spiro atoms. The summed E-state index contributed by atoms with van der Waals surface area (Å²) >= 11 is 0. The molecule has 1 aromatic rings. The van der Waals surface area contributed by atoms with Gasteiger partial charge in [0.2, 0.25) is 0 Å². The van der Waals surface area contributed by atoms with Crippen molar-refractivity contribution in [3.05, 3.63) is 36.8 Å². The van der Waals surface area contributed by atoms with E-state index in [4.69, 9.17) is 9.47 Å². The SMILES string of the molecule is [CH2]c1cccc(OCC(O)CN2CCOCC2)c1. The Bertz CT molecular complexity index is 364. The van der Waals surface area contributed by atoms with Crippen molar-refractivity contribution in [3.63, 3.8) is 0 Å². The normalized spacial score (nSPS) is 18.6. The summed E-state index contributed by atoms with van der Waals surface area (Å²) in [5.41, 5.74) is 0.912. The van der Waals surface area contributed by atoms with E-state index in [0.717, 1.165) is 37.6 Å². The van der Waals surface area contributed by atoms with Gasteiger partial charge in [-0.15, -0.1) is 0 Å². The highest BCUT2D eigenvalue weighted by Gasteiger charge is 2.15. The van der Waals surface area contributed by atoms with Crippen LogP contribution < -0.4 is 4.74 Å². The maximum absolute atomic E-state index is 9.91. The van der Waals surface area contributed by atoms with Crippen LogP contribution in [-0.2, 0) is 4.74 Å². The molecule has 0 aliphatic carbocycles. The molecule has 0 amide bonds. The topological polar surface area (TPSA) is 41.9 Å². The first kappa shape index (κ1) is 13.3. The monoisotopic (exact) mass is 250 g/mol. The van der Waals surface area contributed by atoms with Gasteiger partial charge in [0, 0.05) is 19.6 Å². The second kappa shape index (κ2) is 6.73. The Morgan fingerprint density at radius 1 is 1.39 bits per heavy atom. The fourth-order valence-electron chi connectivity index (χ4n) is 1.96. The molecule has 4 nitrogen and oxygen atoms in total. The third-order valence-corrected chi connectivity index (χ3v) is 2.91. The average molecular weight is 250 g/mol. The summed E-state index contributed by atoms with van der Waals surface area (Å²) in [7, 11) is 0. The van der Waals surface area contributed by atoms with Gasteiger partial charge >= 0.3 is 0 Å². The molecule has 1 radical (unpaired) electrons. The molecule has 1 atom stereocenters. The Labute approximate surface area is 108 Å². The zero-order valence-corrected chi connectivity index (χ0v) is 10.5. The Kier molecular flexibility index (Phi) is 4.99. The molecule has 1 fully saturated rings. The van der Waals surface area contributed by atoms with Gasteiger partial charge in [-0.3, -0.25) is 4.90 Å². The van der Waals surface area contributed by atoms with Crippen LogP contribution in [0.1, 0.15) is 5.56 Å². The molecule has 4 heteroatoms. The Morgan fingerprint density at radius 3 is 2.89 bits per heavy atom. The number of rotatable bonds is 5. The van der Waals surface area contributed by atoms with Crippen molar-refractivity contribution in [2.75, 3.05) is 39.5 Å². The molecule has 1 aromatic carbocycles. The molecule has 18 heavy (non-hydrogen) atoms. The third kappa shape index (κ3) is 4.29. The molecule has 99 valence electrons. The molecule has 0 aromatic heterocycles. The van der Waals surface area contributed by atoms with Crippen molar-refractivity contribution in [1.29, 1.82) is 0 Å². The Hall–Kier alpha value is -1.10. The van der Waals surface area contributed by atoms with Crippen LogP contribution in [0.25, 0.3) is 0 Å². The maximum Gasteiger partial charge on any atom is 0.119 e. The number of hydrogen-bond acceptors (Lipinski definition) is 4. The lowest BCUT2D eigenvalue weighted by Gasteiger charge is -2.28. The standard InChI is InChI=1S/C14H20NO3/c1-12-3-2-4-14(9-12)18-11-13(16)10-15-5-7-17-8-6-15/h2-4,9,13,16H,1,5-8,10-11H2. The Morgan fingerprint density at radius 2 is 2.17 bits per heavy atom. The molecule has 1 saturated heterocycles. The molecule has 0 saturated carbocycles. The summed E-state index contributed by atoms with van der Waals surface area (Å²) in [6.45, 7) is 8.03. The van der Waals surface area contributed by atoms with Crippen molar-refractivity contribution < 1.29 is 14.6 Å². The van der Waals surface area contributed by atoms with Gasteiger partial charge in [-0.25, -0.2) is 0 Å². The predicted molar refractivity (Wildman–Crippen MR) is 69.7 cm³/mol. The van der Waals surface area contributed by atoms with Crippen molar-refractivity contribution in [2.45, 2.75) is 6.10 Å². The van der Waals surface area contributed by atoms with Gasteiger partial charge in [-0.05, 0) is 24.6 Å². The molecular formula is C14H20NO3. The summed E-state index contributed by atoms with van der Waals surface area (Å²) in [4.78, 5) is 2.19. The first-order valence-corrected chi connectivity index (χ1v) is 6.27. The highest BCUT2D eigenvalue weighted by molar-refractivity contribution is 5.29. The zero-order chi connectivity index (χ0) is 12.8. The molecular weight excluding hydrogens is 230 g/mol. The smallest absolute Gasteiger partial charge is 0.119 e. The maximum atomic E-state index is 9.91. The minimum absolute atomic E-state index is 0.306. The lowest BCUT2D eigenvalue weighted by molar-refractivity contribution is 0.00465. The zero-order valence-electron chi connectivity index (χ0n) is 10.5. The van der Waals surface area contributed by atoms with E-state index in [2.05, 4.69) is 11.8 Å². The van der Waals surface area contributed by atoms with Crippen molar-refractivity contribution in [2.24, 2.45) is 0 Å². The highest BCUT2D eigenvalue weighted by Crippen LogP contribution is 2.12. The molecule has 1 aliphatic heterocycles. The number of aliphatic hydroxyl groups is 1. The molecule has 1 unspecified atom stereocenters. The number of ether oxygens (including phenoxy) is 2. The van der Waals surface area contributed by atoms with Gasteiger partial charge in [-0.2, -0.15) is 0 Å². The van der Waals surface area contributed by atoms with E-state index in [1.165, 1.54) is 0 Å². The van der Waals surface area contributed by atoms with Crippen LogP contribution in [0.15, 0.2) is 24.3 Å². The van der Waals surface area contributed by atoms with Crippen LogP contribution in [0.5, 0.6) is 5.75 Å². The van der Waals surface area contributed by atoms with Gasteiger partial charge in [0.25, 0.3) is 0 Å². The first-order valence-electron chi connectivity index (χ1n) is 6.27. The van der Waals surface area contributed by atoms with Crippen molar-refractivity contribution >= 4 is 0 Å². The van der Waals surface area contributed by atoms with Crippen LogP contribution in [0.4, 0.5) is 0 Å². The van der Waals surface area contributed by atoms with Crippen LogP contribution in [0, 0.1) is 6.92 Å². The van der Waals surface area contributed by atoms with E-state index in [1.54, 1.807) is 0 Å². The number of β-amino-alcohol motifs (C(OH)–C–C–N with tert-alkyl or cyclic N) is 1. The fraction of sp³-hybridized carbons (Fsp3) is 0.500. The van der Waals surface area contributed by atoms with Gasteiger partial charge in [0.05, 0.1) is 13.2 Å². The summed E-state index contributed by atoms with van der Waals surface area (Å²) in [6, 6.07) is 7.54. The van der Waals surface area contributed by atoms with Crippen molar-refractivity contribution in [3.8, 4) is 5.75 Å². The summed E-state index contributed by atoms with van der Waals surface area (Å²) < 4.78 is 10.8. The second-order valence-electron chi connectivity index (χ2n) is 4.53. The second-order valence-corrected chi connectivity index (χ2v) is 4.53. The first-order chi connectivity index (χ1) is 8.74. The minimum Gasteiger partial charge on any atom is -0.491 e. The van der Waals surface area contributed by atoms with E-state index < -0.39 is 6.10 Å². The van der Waals surface area contributed by atoms with E-state index in [1.807, 2.05) is 24.3 Å². The molecule has 1 heterocycles. The lowest BCUT2D eigenvalue weighted by Crippen LogP contribution is -2.42. The molecule has 1 N–H and O–H groups in total. The number of hydrogen-bond donors (Lipinski definition) is 1. The number of morpholine rings is 1. The summed E-state index contributed by atoms with van der Waals surface area (Å²) in [6.07, 6.45) is -0.475. The lowest BCUT2D eigenvalue weighted by atomic mass is 10.2. The average Bonchev–Trinajstić information content (AvgIpc) is 2.38. The van der Waals surface area contributed by atoms with Crippen molar-refractivity contribution in [1.82, 2.24) is 4.90 Å². The van der Waals surface area contributed by atoms with Crippen LogP contribution >= 0.6 is 0 Å². The largest absolute Gasteiger partial charge is 0.491 e. The highest BCUT2D eigenvalue weighted by atomic mass is 16.5. The van der Waals surface area contributed by atoms with E-state index in [9.17, 15) is 5.11 Å². The van der Waals surface area contributed by atoms with E-state index >= 15 is 0 Å². The molecule has 1 aliphatic rings. The summed E-state index contributed by atoms with van der Waals surface area (Å²) in [5, 5.41) is 9.91. The summed E-state index contributed by atoms with van der Waals surface area (Å²) in [5.74, 6) is 0.753. The molecule has 0 bridgehead atoms. The van der Waals surface area contributed by atoms with Gasteiger partial charge < -0.3 is 14.6 Å². The van der Waals surface area contributed by atoms with E-state index in [0.29, 0.717) is 13.2 Å². The van der Waals surface area contributed by atoms with Gasteiger partial charge in [0.1, 0.15) is 18.5 Å². The quantitative estimate of drug-likeness (QED) is 0.844. The predicted octanol–water partition coefficient (Wildman–Crippen LogP) is 0.941. The van der Waals surface area contributed by atoms with Crippen LogP contribution in [0.3, 0.4) is 0 Å². The number of nitrogens with zero attached hydrogens (tertiary/aromatic N) is 1. The van der Waals surface area contributed by atoms with Gasteiger partial charge in [0.15, 0.2) is 0 Å². The molecule has 2 rings (SSSR count). The number of benzene rings is 1. The number of aliphatic hydroxyl groups excluding tert-OH is 1.